The van der Waals surface area contributed by atoms with Gasteiger partial charge in [0, 0.05) is 12.1 Å². The minimum atomic E-state index is -0.689. The number of carbonyl (C=O) groups is 1. The Morgan fingerprint density at radius 3 is 2.55 bits per heavy atom. The van der Waals surface area contributed by atoms with Crippen LogP contribution in [0.15, 0.2) is 48.5 Å². The van der Waals surface area contributed by atoms with Gasteiger partial charge in [0.25, 0.3) is 5.91 Å². The van der Waals surface area contributed by atoms with Crippen molar-refractivity contribution in [1.29, 1.82) is 0 Å². The fourth-order valence-electron chi connectivity index (χ4n) is 1.87. The summed E-state index contributed by atoms with van der Waals surface area (Å²) in [7, 11) is 1.49. The van der Waals surface area contributed by atoms with Gasteiger partial charge in [-0.1, -0.05) is 41.9 Å². The Hall–Kier alpha value is -2.04. The van der Waals surface area contributed by atoms with Crippen LogP contribution >= 0.6 is 11.6 Å². The van der Waals surface area contributed by atoms with E-state index in [9.17, 15) is 4.79 Å². The van der Waals surface area contributed by atoms with Crippen LogP contribution in [0.25, 0.3) is 0 Å². The minimum Gasteiger partial charge on any atom is -0.397 e. The van der Waals surface area contributed by atoms with Crippen LogP contribution < -0.4 is 11.1 Å². The number of anilines is 2. The molecule has 0 saturated carbocycles. The molecule has 0 radical (unpaired) electrons. The lowest BCUT2D eigenvalue weighted by atomic mass is 10.1. The van der Waals surface area contributed by atoms with Crippen LogP contribution in [0.1, 0.15) is 11.7 Å². The maximum absolute atomic E-state index is 12.3. The molecule has 20 heavy (non-hydrogen) atoms. The molecule has 0 bridgehead atoms. The van der Waals surface area contributed by atoms with Gasteiger partial charge in [-0.3, -0.25) is 4.79 Å². The number of hydrogen-bond donors (Lipinski definition) is 2. The molecule has 0 spiro atoms. The van der Waals surface area contributed by atoms with Crippen molar-refractivity contribution >= 4 is 28.9 Å². The second kappa shape index (κ2) is 6.41. The molecule has 3 N–H and O–H groups in total. The number of benzene rings is 2. The molecular weight excluding hydrogens is 276 g/mol. The molecule has 1 unspecified atom stereocenters. The van der Waals surface area contributed by atoms with E-state index in [4.69, 9.17) is 22.1 Å². The summed E-state index contributed by atoms with van der Waals surface area (Å²) in [6.07, 6.45) is -0.689. The largest absolute Gasteiger partial charge is 0.397 e. The van der Waals surface area contributed by atoms with Crippen molar-refractivity contribution < 1.29 is 9.53 Å². The Kier molecular flexibility index (Phi) is 4.61. The quantitative estimate of drug-likeness (QED) is 0.850. The van der Waals surface area contributed by atoms with Crippen LogP contribution in [-0.4, -0.2) is 13.0 Å². The standard InChI is InChI=1S/C15H15ClN2O2/c1-20-14(10-5-3-2-4-6-10)15(19)18-13-8-7-11(16)9-12(13)17/h2-9,14H,17H2,1H3,(H,18,19). The summed E-state index contributed by atoms with van der Waals surface area (Å²) in [5, 5.41) is 3.26. The molecule has 2 aromatic rings. The highest BCUT2D eigenvalue weighted by Gasteiger charge is 2.20. The van der Waals surface area contributed by atoms with Gasteiger partial charge in [-0.25, -0.2) is 0 Å². The zero-order valence-corrected chi connectivity index (χ0v) is 11.7. The Balaban J connectivity index is 2.18. The third-order valence-electron chi connectivity index (χ3n) is 2.85. The molecule has 2 aromatic carbocycles. The van der Waals surface area contributed by atoms with E-state index in [-0.39, 0.29) is 5.91 Å². The number of amides is 1. The fraction of sp³-hybridized carbons (Fsp3) is 0.133. The van der Waals surface area contributed by atoms with Crippen LogP contribution in [0.2, 0.25) is 5.02 Å². The van der Waals surface area contributed by atoms with Gasteiger partial charge in [-0.05, 0) is 23.8 Å². The maximum atomic E-state index is 12.3. The summed E-state index contributed by atoms with van der Waals surface area (Å²) in [5.74, 6) is -0.285. The molecule has 0 aliphatic heterocycles. The van der Waals surface area contributed by atoms with E-state index in [1.54, 1.807) is 18.2 Å². The van der Waals surface area contributed by atoms with Gasteiger partial charge in [0.15, 0.2) is 6.10 Å². The SMILES string of the molecule is COC(C(=O)Nc1ccc(Cl)cc1N)c1ccccc1. The Bertz CT molecular complexity index is 602. The number of nitrogen functional groups attached to an aromatic ring is 1. The molecule has 1 amide bonds. The highest BCUT2D eigenvalue weighted by molar-refractivity contribution is 6.31. The molecule has 0 fully saturated rings. The molecule has 5 heteroatoms. The predicted octanol–water partition coefficient (Wildman–Crippen LogP) is 3.25. The van der Waals surface area contributed by atoms with Crippen molar-refractivity contribution in [1.82, 2.24) is 0 Å². The maximum Gasteiger partial charge on any atom is 0.258 e. The van der Waals surface area contributed by atoms with E-state index in [1.165, 1.54) is 7.11 Å². The summed E-state index contributed by atoms with van der Waals surface area (Å²) >= 11 is 5.82. The van der Waals surface area contributed by atoms with E-state index >= 15 is 0 Å². The minimum absolute atomic E-state index is 0.285. The molecule has 0 heterocycles. The van der Waals surface area contributed by atoms with Gasteiger partial charge in [-0.15, -0.1) is 0 Å². The van der Waals surface area contributed by atoms with Crippen LogP contribution in [0, 0.1) is 0 Å². The second-order valence-corrected chi connectivity index (χ2v) is 4.68. The Morgan fingerprint density at radius 1 is 1.25 bits per heavy atom. The van der Waals surface area contributed by atoms with Crippen molar-refractivity contribution in [2.75, 3.05) is 18.2 Å². The molecular formula is C15H15ClN2O2. The topological polar surface area (TPSA) is 64.3 Å². The summed E-state index contributed by atoms with van der Waals surface area (Å²) in [6, 6.07) is 14.2. The van der Waals surface area contributed by atoms with Crippen molar-refractivity contribution in [3.8, 4) is 0 Å². The summed E-state index contributed by atoms with van der Waals surface area (Å²) in [5.41, 5.74) is 7.51. The molecule has 0 aromatic heterocycles. The third-order valence-corrected chi connectivity index (χ3v) is 3.08. The van der Waals surface area contributed by atoms with E-state index in [1.807, 2.05) is 30.3 Å². The number of halogens is 1. The lowest BCUT2D eigenvalue weighted by Gasteiger charge is -2.16. The first-order valence-corrected chi connectivity index (χ1v) is 6.43. The van der Waals surface area contributed by atoms with E-state index < -0.39 is 6.10 Å². The average molecular weight is 291 g/mol. The van der Waals surface area contributed by atoms with Gasteiger partial charge >= 0.3 is 0 Å². The second-order valence-electron chi connectivity index (χ2n) is 4.25. The summed E-state index contributed by atoms with van der Waals surface area (Å²) < 4.78 is 5.26. The molecule has 0 aliphatic rings. The van der Waals surface area contributed by atoms with Crippen LogP contribution in [-0.2, 0) is 9.53 Å². The van der Waals surface area contributed by atoms with Gasteiger partial charge < -0.3 is 15.8 Å². The lowest BCUT2D eigenvalue weighted by Crippen LogP contribution is -2.23. The zero-order chi connectivity index (χ0) is 14.5. The van der Waals surface area contributed by atoms with Crippen LogP contribution in [0.5, 0.6) is 0 Å². The lowest BCUT2D eigenvalue weighted by molar-refractivity contribution is -0.126. The average Bonchev–Trinajstić information content (AvgIpc) is 2.44. The molecule has 4 nitrogen and oxygen atoms in total. The summed E-state index contributed by atoms with van der Waals surface area (Å²) in [4.78, 5) is 12.3. The first-order chi connectivity index (χ1) is 9.61. The first kappa shape index (κ1) is 14.4. The van der Waals surface area contributed by atoms with Crippen molar-refractivity contribution in [3.63, 3.8) is 0 Å². The number of hydrogen-bond acceptors (Lipinski definition) is 3. The first-order valence-electron chi connectivity index (χ1n) is 6.05. The molecule has 2 rings (SSSR count). The highest BCUT2D eigenvalue weighted by atomic mass is 35.5. The molecule has 0 saturated heterocycles. The van der Waals surface area contributed by atoms with Crippen LogP contribution in [0.3, 0.4) is 0 Å². The van der Waals surface area contributed by atoms with Crippen LogP contribution in [0.4, 0.5) is 11.4 Å². The number of nitrogens with two attached hydrogens (primary N) is 1. The number of carbonyl (C=O) groups excluding carboxylic acids is 1. The molecule has 0 aliphatic carbocycles. The number of ether oxygens (including phenoxy) is 1. The van der Waals surface area contributed by atoms with Gasteiger partial charge in [0.1, 0.15) is 0 Å². The number of methoxy groups -OCH3 is 1. The normalized spacial score (nSPS) is 11.9. The van der Waals surface area contributed by atoms with E-state index in [2.05, 4.69) is 5.32 Å². The number of rotatable bonds is 4. The van der Waals surface area contributed by atoms with Crippen molar-refractivity contribution in [3.05, 3.63) is 59.1 Å². The smallest absolute Gasteiger partial charge is 0.258 e. The van der Waals surface area contributed by atoms with Gasteiger partial charge in [0.2, 0.25) is 0 Å². The van der Waals surface area contributed by atoms with E-state index in [0.717, 1.165) is 5.56 Å². The van der Waals surface area contributed by atoms with Gasteiger partial charge in [0.05, 0.1) is 11.4 Å². The highest BCUT2D eigenvalue weighted by Crippen LogP contribution is 2.25. The Labute approximate surface area is 122 Å². The Morgan fingerprint density at radius 2 is 1.95 bits per heavy atom. The van der Waals surface area contributed by atoms with Crippen molar-refractivity contribution in [2.45, 2.75) is 6.10 Å². The van der Waals surface area contributed by atoms with Crippen molar-refractivity contribution in [2.24, 2.45) is 0 Å². The third kappa shape index (κ3) is 3.29. The van der Waals surface area contributed by atoms with Gasteiger partial charge in [-0.2, -0.15) is 0 Å². The zero-order valence-electron chi connectivity index (χ0n) is 11.0. The summed E-state index contributed by atoms with van der Waals surface area (Å²) in [6.45, 7) is 0. The van der Waals surface area contributed by atoms with E-state index in [0.29, 0.717) is 16.4 Å². The monoisotopic (exact) mass is 290 g/mol. The predicted molar refractivity (Wildman–Crippen MR) is 80.7 cm³/mol. The number of nitrogens with one attached hydrogen (secondary N) is 1. The molecule has 104 valence electrons. The fourth-order valence-corrected chi connectivity index (χ4v) is 2.05. The molecule has 1 atom stereocenters.